The minimum Gasteiger partial charge on any atom is -0.492 e. The molecule has 1 saturated carbocycles. The molecular formula is C22H31N3O4. The summed E-state index contributed by atoms with van der Waals surface area (Å²) in [7, 11) is 0. The van der Waals surface area contributed by atoms with Gasteiger partial charge in [-0.1, -0.05) is 33.1 Å². The SMILES string of the molecule is CC(C)c1nn(C2CCCCC2)c2nc(C(=O)O)cc(OCC3CCOCC3)c12. The van der Waals surface area contributed by atoms with E-state index in [1.54, 1.807) is 6.07 Å². The van der Waals surface area contributed by atoms with Gasteiger partial charge in [-0.3, -0.25) is 0 Å². The van der Waals surface area contributed by atoms with Crippen LogP contribution in [-0.2, 0) is 4.74 Å². The van der Waals surface area contributed by atoms with Crippen molar-refractivity contribution in [3.05, 3.63) is 17.5 Å². The second kappa shape index (κ2) is 8.69. The number of rotatable bonds is 6. The number of aromatic carboxylic acids is 1. The topological polar surface area (TPSA) is 86.5 Å². The molecule has 2 fully saturated rings. The predicted octanol–water partition coefficient (Wildman–Crippen LogP) is 4.56. The van der Waals surface area contributed by atoms with Gasteiger partial charge >= 0.3 is 5.97 Å². The van der Waals surface area contributed by atoms with Crippen molar-refractivity contribution >= 4 is 17.0 Å². The van der Waals surface area contributed by atoms with Gasteiger partial charge in [-0.25, -0.2) is 14.5 Å². The van der Waals surface area contributed by atoms with E-state index in [9.17, 15) is 9.90 Å². The number of carboxylic acids is 1. The fraction of sp³-hybridized carbons (Fsp3) is 0.682. The van der Waals surface area contributed by atoms with Gasteiger partial charge in [0.25, 0.3) is 0 Å². The Morgan fingerprint density at radius 2 is 1.97 bits per heavy atom. The molecule has 7 nitrogen and oxygen atoms in total. The molecule has 2 aromatic rings. The number of fused-ring (bicyclic) bond motifs is 1. The van der Waals surface area contributed by atoms with Crippen LogP contribution in [0.4, 0.5) is 0 Å². The Morgan fingerprint density at radius 1 is 1.24 bits per heavy atom. The van der Waals surface area contributed by atoms with Gasteiger partial charge in [0.2, 0.25) is 0 Å². The molecule has 1 N–H and O–H groups in total. The van der Waals surface area contributed by atoms with Gasteiger partial charge < -0.3 is 14.6 Å². The van der Waals surface area contributed by atoms with Crippen LogP contribution in [0.1, 0.15) is 86.9 Å². The molecule has 0 amide bonds. The van der Waals surface area contributed by atoms with Gasteiger partial charge in [0.05, 0.1) is 23.7 Å². The largest absolute Gasteiger partial charge is 0.492 e. The first-order chi connectivity index (χ1) is 14.0. The van der Waals surface area contributed by atoms with Crippen molar-refractivity contribution in [2.75, 3.05) is 19.8 Å². The minimum absolute atomic E-state index is 0.0201. The fourth-order valence-corrected chi connectivity index (χ4v) is 4.46. The summed E-state index contributed by atoms with van der Waals surface area (Å²) in [6.45, 7) is 6.31. The summed E-state index contributed by atoms with van der Waals surface area (Å²) in [6.07, 6.45) is 7.66. The van der Waals surface area contributed by atoms with Gasteiger partial charge in [0.1, 0.15) is 5.75 Å². The van der Waals surface area contributed by atoms with Crippen LogP contribution in [0.15, 0.2) is 6.07 Å². The lowest BCUT2D eigenvalue weighted by molar-refractivity contribution is 0.0499. The third-order valence-electron chi connectivity index (χ3n) is 6.15. The molecule has 3 heterocycles. The molecule has 0 unspecified atom stereocenters. The van der Waals surface area contributed by atoms with E-state index in [-0.39, 0.29) is 17.7 Å². The van der Waals surface area contributed by atoms with Crippen molar-refractivity contribution in [2.24, 2.45) is 5.92 Å². The lowest BCUT2D eigenvalue weighted by Gasteiger charge is -2.23. The average Bonchev–Trinajstić information content (AvgIpc) is 3.13. The molecule has 0 radical (unpaired) electrons. The molecule has 1 aliphatic carbocycles. The molecule has 2 aliphatic rings. The minimum atomic E-state index is -1.04. The van der Waals surface area contributed by atoms with Crippen LogP contribution in [-0.4, -0.2) is 45.7 Å². The number of ether oxygens (including phenoxy) is 2. The Morgan fingerprint density at radius 3 is 2.62 bits per heavy atom. The highest BCUT2D eigenvalue weighted by Crippen LogP contribution is 2.37. The number of nitrogens with zero attached hydrogens (tertiary/aromatic N) is 3. The molecule has 1 aliphatic heterocycles. The number of pyridine rings is 1. The van der Waals surface area contributed by atoms with Crippen LogP contribution in [0, 0.1) is 5.92 Å². The Kier molecular flexibility index (Phi) is 6.04. The summed E-state index contributed by atoms with van der Waals surface area (Å²) in [5.41, 5.74) is 1.62. The molecule has 1 saturated heterocycles. The molecule has 0 bridgehead atoms. The molecule has 0 atom stereocenters. The summed E-state index contributed by atoms with van der Waals surface area (Å²) in [5, 5.41) is 15.4. The van der Waals surface area contributed by atoms with Gasteiger partial charge in [-0.2, -0.15) is 5.10 Å². The van der Waals surface area contributed by atoms with Crippen LogP contribution >= 0.6 is 0 Å². The maximum absolute atomic E-state index is 11.8. The van der Waals surface area contributed by atoms with E-state index in [1.165, 1.54) is 19.3 Å². The second-order valence-electron chi connectivity index (χ2n) is 8.65. The highest BCUT2D eigenvalue weighted by Gasteiger charge is 2.27. The zero-order valence-corrected chi connectivity index (χ0v) is 17.4. The quantitative estimate of drug-likeness (QED) is 0.763. The second-order valence-corrected chi connectivity index (χ2v) is 8.65. The Bertz CT molecular complexity index is 865. The molecule has 4 rings (SSSR count). The van der Waals surface area contributed by atoms with Crippen LogP contribution < -0.4 is 4.74 Å². The summed E-state index contributed by atoms with van der Waals surface area (Å²) in [5.74, 6) is 0.191. The van der Waals surface area contributed by atoms with Gasteiger partial charge in [0, 0.05) is 19.3 Å². The van der Waals surface area contributed by atoms with E-state index in [1.807, 2.05) is 4.68 Å². The van der Waals surface area contributed by atoms with Crippen molar-refractivity contribution in [3.63, 3.8) is 0 Å². The van der Waals surface area contributed by atoms with Gasteiger partial charge in [-0.05, 0) is 37.5 Å². The van der Waals surface area contributed by atoms with Crippen molar-refractivity contribution in [3.8, 4) is 5.75 Å². The van der Waals surface area contributed by atoms with Crippen molar-refractivity contribution in [2.45, 2.75) is 70.8 Å². The zero-order chi connectivity index (χ0) is 20.4. The molecule has 0 spiro atoms. The highest BCUT2D eigenvalue weighted by molar-refractivity contribution is 5.93. The van der Waals surface area contributed by atoms with Crippen molar-refractivity contribution in [1.29, 1.82) is 0 Å². The summed E-state index contributed by atoms with van der Waals surface area (Å²) < 4.78 is 13.6. The molecule has 2 aromatic heterocycles. The molecule has 7 heteroatoms. The Hall–Kier alpha value is -2.15. The summed E-state index contributed by atoms with van der Waals surface area (Å²) in [6, 6.07) is 1.85. The maximum atomic E-state index is 11.8. The van der Waals surface area contributed by atoms with Gasteiger partial charge in [-0.15, -0.1) is 0 Å². The van der Waals surface area contributed by atoms with E-state index < -0.39 is 5.97 Å². The van der Waals surface area contributed by atoms with Crippen molar-refractivity contribution < 1.29 is 19.4 Å². The lowest BCUT2D eigenvalue weighted by Crippen LogP contribution is -2.21. The normalized spacial score (nSPS) is 19.1. The van der Waals surface area contributed by atoms with E-state index in [0.717, 1.165) is 50.0 Å². The number of carbonyl (C=O) groups is 1. The van der Waals surface area contributed by atoms with Crippen LogP contribution in [0.25, 0.3) is 11.0 Å². The molecule has 29 heavy (non-hydrogen) atoms. The maximum Gasteiger partial charge on any atom is 0.354 e. The Balaban J connectivity index is 1.77. The lowest BCUT2D eigenvalue weighted by atomic mass is 9.96. The summed E-state index contributed by atoms with van der Waals surface area (Å²) in [4.78, 5) is 16.3. The van der Waals surface area contributed by atoms with E-state index in [2.05, 4.69) is 18.8 Å². The third kappa shape index (κ3) is 4.25. The number of hydrogen-bond donors (Lipinski definition) is 1. The molecular weight excluding hydrogens is 370 g/mol. The van der Waals surface area contributed by atoms with E-state index in [0.29, 0.717) is 23.9 Å². The van der Waals surface area contributed by atoms with Gasteiger partial charge in [0.15, 0.2) is 11.3 Å². The average molecular weight is 402 g/mol. The smallest absolute Gasteiger partial charge is 0.354 e. The monoisotopic (exact) mass is 401 g/mol. The van der Waals surface area contributed by atoms with Crippen molar-refractivity contribution in [1.82, 2.24) is 14.8 Å². The first-order valence-corrected chi connectivity index (χ1v) is 10.9. The van der Waals surface area contributed by atoms with E-state index >= 15 is 0 Å². The third-order valence-corrected chi connectivity index (χ3v) is 6.15. The van der Waals surface area contributed by atoms with E-state index in [4.69, 9.17) is 14.6 Å². The summed E-state index contributed by atoms with van der Waals surface area (Å²) >= 11 is 0. The molecule has 158 valence electrons. The zero-order valence-electron chi connectivity index (χ0n) is 17.4. The standard InChI is InChI=1S/C22H31N3O4/c1-14(2)20-19-18(29-13-15-8-10-28-11-9-15)12-17(22(26)27)23-21(19)25(24-20)16-6-4-3-5-7-16/h12,14-16H,3-11,13H2,1-2H3,(H,26,27). The van der Waals surface area contributed by atoms with Crippen LogP contribution in [0.5, 0.6) is 5.75 Å². The number of hydrogen-bond acceptors (Lipinski definition) is 5. The van der Waals surface area contributed by atoms with Crippen LogP contribution in [0.3, 0.4) is 0 Å². The Labute approximate surface area is 171 Å². The number of carboxylic acid groups (broad SMARTS) is 1. The highest BCUT2D eigenvalue weighted by atomic mass is 16.5. The first kappa shape index (κ1) is 20.1. The van der Waals surface area contributed by atoms with Crippen LogP contribution in [0.2, 0.25) is 0 Å². The first-order valence-electron chi connectivity index (χ1n) is 10.9. The predicted molar refractivity (Wildman–Crippen MR) is 110 cm³/mol. The number of aromatic nitrogens is 3. The molecule has 0 aromatic carbocycles. The fourth-order valence-electron chi connectivity index (χ4n) is 4.46.